The molecule has 0 aliphatic rings. The van der Waals surface area contributed by atoms with Gasteiger partial charge in [0.2, 0.25) is 10.0 Å². The lowest BCUT2D eigenvalue weighted by atomic mass is 10.1. The summed E-state index contributed by atoms with van der Waals surface area (Å²) < 4.78 is 28.7. The molecule has 3 rings (SSSR count). The summed E-state index contributed by atoms with van der Waals surface area (Å²) in [5, 5.41) is 8.36. The minimum atomic E-state index is -3.87. The molecule has 0 atom stereocenters. The molecule has 0 fully saturated rings. The molecule has 0 spiro atoms. The number of amides is 1. The topological polar surface area (TPSA) is 98.5 Å². The molecule has 28 heavy (non-hydrogen) atoms. The lowest BCUT2D eigenvalue weighted by Gasteiger charge is -2.13. The van der Waals surface area contributed by atoms with Gasteiger partial charge in [-0.3, -0.25) is 4.79 Å². The first kappa shape index (κ1) is 19.9. The van der Waals surface area contributed by atoms with Crippen molar-refractivity contribution in [1.29, 1.82) is 0 Å². The second kappa shape index (κ2) is 8.43. The lowest BCUT2D eigenvalue weighted by Crippen LogP contribution is -2.15. The van der Waals surface area contributed by atoms with Crippen LogP contribution in [0.3, 0.4) is 0 Å². The molecular formula is C20H17ClN2O4S. The second-order valence-electron chi connectivity index (χ2n) is 5.90. The number of halogens is 1. The highest BCUT2D eigenvalue weighted by atomic mass is 35.5. The highest BCUT2D eigenvalue weighted by Gasteiger charge is 2.14. The molecule has 0 aliphatic heterocycles. The second-order valence-corrected chi connectivity index (χ2v) is 7.87. The van der Waals surface area contributed by atoms with Crippen LogP contribution in [0, 0.1) is 0 Å². The molecule has 0 saturated heterocycles. The summed E-state index contributed by atoms with van der Waals surface area (Å²) in [6.45, 7) is 0.199. The van der Waals surface area contributed by atoms with Crippen molar-refractivity contribution in [2.75, 3.05) is 5.32 Å². The van der Waals surface area contributed by atoms with Crippen LogP contribution in [0.25, 0.3) is 0 Å². The predicted octanol–water partition coefficient (Wildman–Crippen LogP) is 3.82. The SMILES string of the molecule is NS(=O)(=O)c1cccc(NC(=O)c2ccccc2OCc2ccccc2Cl)c1. The largest absolute Gasteiger partial charge is 0.488 e. The summed E-state index contributed by atoms with van der Waals surface area (Å²) >= 11 is 6.13. The van der Waals surface area contributed by atoms with E-state index in [4.69, 9.17) is 21.5 Å². The molecular weight excluding hydrogens is 400 g/mol. The number of anilines is 1. The minimum absolute atomic E-state index is 0.0893. The number of nitrogens with one attached hydrogen (secondary N) is 1. The van der Waals surface area contributed by atoms with Gasteiger partial charge in [-0.2, -0.15) is 0 Å². The third-order valence-corrected chi connectivity index (χ3v) is 5.17. The summed E-state index contributed by atoms with van der Waals surface area (Å²) in [5.41, 5.74) is 1.40. The van der Waals surface area contributed by atoms with Crippen molar-refractivity contribution >= 4 is 33.2 Å². The van der Waals surface area contributed by atoms with E-state index in [0.717, 1.165) is 5.56 Å². The van der Waals surface area contributed by atoms with Crippen molar-refractivity contribution in [2.24, 2.45) is 5.14 Å². The summed E-state index contributed by atoms with van der Waals surface area (Å²) in [6, 6.07) is 19.7. The Morgan fingerprint density at radius 3 is 2.46 bits per heavy atom. The molecule has 144 valence electrons. The zero-order valence-corrected chi connectivity index (χ0v) is 16.2. The number of ether oxygens (including phenoxy) is 1. The van der Waals surface area contributed by atoms with Gasteiger partial charge in [0.05, 0.1) is 10.5 Å². The number of nitrogens with two attached hydrogens (primary N) is 1. The van der Waals surface area contributed by atoms with Gasteiger partial charge in [0.1, 0.15) is 12.4 Å². The van der Waals surface area contributed by atoms with Crippen molar-refractivity contribution in [3.05, 3.63) is 88.9 Å². The Morgan fingerprint density at radius 2 is 1.71 bits per heavy atom. The Hall–Kier alpha value is -2.87. The normalized spacial score (nSPS) is 11.1. The first-order valence-electron chi connectivity index (χ1n) is 8.24. The van der Waals surface area contributed by atoms with Crippen molar-refractivity contribution in [3.63, 3.8) is 0 Å². The van der Waals surface area contributed by atoms with E-state index in [0.29, 0.717) is 22.0 Å². The molecule has 1 amide bonds. The maximum atomic E-state index is 12.7. The number of carbonyl (C=O) groups is 1. The van der Waals surface area contributed by atoms with E-state index >= 15 is 0 Å². The highest BCUT2D eigenvalue weighted by molar-refractivity contribution is 7.89. The molecule has 8 heteroatoms. The third-order valence-electron chi connectivity index (χ3n) is 3.89. The van der Waals surface area contributed by atoms with Gasteiger partial charge in [0.15, 0.2) is 0 Å². The number of primary sulfonamides is 1. The number of rotatable bonds is 6. The van der Waals surface area contributed by atoms with Gasteiger partial charge < -0.3 is 10.1 Å². The van der Waals surface area contributed by atoms with Crippen molar-refractivity contribution in [2.45, 2.75) is 11.5 Å². The Labute approximate surface area is 168 Å². The number of hydrogen-bond acceptors (Lipinski definition) is 4. The predicted molar refractivity (Wildman–Crippen MR) is 108 cm³/mol. The Morgan fingerprint density at radius 1 is 1.00 bits per heavy atom. The number of benzene rings is 3. The van der Waals surface area contributed by atoms with Gasteiger partial charge in [-0.15, -0.1) is 0 Å². The minimum Gasteiger partial charge on any atom is -0.488 e. The van der Waals surface area contributed by atoms with Crippen LogP contribution < -0.4 is 15.2 Å². The summed E-state index contributed by atoms with van der Waals surface area (Å²) in [7, 11) is -3.87. The number of carbonyl (C=O) groups excluding carboxylic acids is 1. The molecule has 6 nitrogen and oxygen atoms in total. The van der Waals surface area contributed by atoms with Gasteiger partial charge in [-0.05, 0) is 36.4 Å². The van der Waals surface area contributed by atoms with E-state index in [1.54, 1.807) is 36.4 Å². The average molecular weight is 417 g/mol. The average Bonchev–Trinajstić information content (AvgIpc) is 2.67. The molecule has 0 aliphatic carbocycles. The Bertz CT molecular complexity index is 1120. The lowest BCUT2D eigenvalue weighted by molar-refractivity contribution is 0.102. The number of hydrogen-bond donors (Lipinski definition) is 2. The van der Waals surface area contributed by atoms with Crippen LogP contribution in [0.4, 0.5) is 5.69 Å². The zero-order valence-electron chi connectivity index (χ0n) is 14.6. The van der Waals surface area contributed by atoms with Crippen LogP contribution in [0.2, 0.25) is 5.02 Å². The van der Waals surface area contributed by atoms with Gasteiger partial charge in [0, 0.05) is 16.3 Å². The third kappa shape index (κ3) is 4.89. The maximum absolute atomic E-state index is 12.7. The van der Waals surface area contributed by atoms with E-state index in [1.165, 1.54) is 18.2 Å². The molecule has 3 aromatic carbocycles. The van der Waals surface area contributed by atoms with Gasteiger partial charge in [-0.1, -0.05) is 48.0 Å². The molecule has 0 heterocycles. The van der Waals surface area contributed by atoms with E-state index in [1.807, 2.05) is 18.2 Å². The Kier molecular flexibility index (Phi) is 5.99. The molecule has 0 saturated carbocycles. The van der Waals surface area contributed by atoms with Crippen LogP contribution in [0.5, 0.6) is 5.75 Å². The van der Waals surface area contributed by atoms with E-state index < -0.39 is 15.9 Å². The number of sulfonamides is 1. The van der Waals surface area contributed by atoms with Crippen LogP contribution in [-0.2, 0) is 16.6 Å². The van der Waals surface area contributed by atoms with E-state index in [2.05, 4.69) is 5.32 Å². The zero-order chi connectivity index (χ0) is 20.1. The van der Waals surface area contributed by atoms with Gasteiger partial charge >= 0.3 is 0 Å². The van der Waals surface area contributed by atoms with Crippen LogP contribution >= 0.6 is 11.6 Å². The fourth-order valence-electron chi connectivity index (χ4n) is 2.50. The van der Waals surface area contributed by atoms with Crippen LogP contribution in [0.15, 0.2) is 77.7 Å². The first-order valence-corrected chi connectivity index (χ1v) is 10.2. The summed E-state index contributed by atoms with van der Waals surface area (Å²) in [4.78, 5) is 12.6. The highest BCUT2D eigenvalue weighted by Crippen LogP contribution is 2.23. The fourth-order valence-corrected chi connectivity index (χ4v) is 3.25. The molecule has 3 aromatic rings. The van der Waals surface area contributed by atoms with Crippen molar-refractivity contribution in [3.8, 4) is 5.75 Å². The molecule has 0 aromatic heterocycles. The van der Waals surface area contributed by atoms with E-state index in [-0.39, 0.29) is 11.5 Å². The molecule has 0 radical (unpaired) electrons. The van der Waals surface area contributed by atoms with Crippen molar-refractivity contribution < 1.29 is 17.9 Å². The van der Waals surface area contributed by atoms with Crippen molar-refractivity contribution in [1.82, 2.24) is 0 Å². The smallest absolute Gasteiger partial charge is 0.259 e. The fraction of sp³-hybridized carbons (Fsp3) is 0.0500. The molecule has 0 unspecified atom stereocenters. The van der Waals surface area contributed by atoms with Gasteiger partial charge in [0.25, 0.3) is 5.91 Å². The Balaban J connectivity index is 1.79. The monoisotopic (exact) mass is 416 g/mol. The summed E-state index contributed by atoms with van der Waals surface area (Å²) in [6.07, 6.45) is 0. The van der Waals surface area contributed by atoms with Crippen LogP contribution in [0.1, 0.15) is 15.9 Å². The number of para-hydroxylation sites is 1. The standard InChI is InChI=1S/C20H17ClN2O4S/c21-18-10-3-1-6-14(18)13-27-19-11-4-2-9-17(19)20(24)23-15-7-5-8-16(12-15)28(22,25)26/h1-12H,13H2,(H,23,24)(H2,22,25,26). The maximum Gasteiger partial charge on any atom is 0.259 e. The first-order chi connectivity index (χ1) is 13.3. The van der Waals surface area contributed by atoms with Gasteiger partial charge in [-0.25, -0.2) is 13.6 Å². The summed E-state index contributed by atoms with van der Waals surface area (Å²) in [5.74, 6) is -0.0659. The molecule has 3 N–H and O–H groups in total. The quantitative estimate of drug-likeness (QED) is 0.638. The van der Waals surface area contributed by atoms with Crippen LogP contribution in [-0.4, -0.2) is 14.3 Å². The molecule has 0 bridgehead atoms. The van der Waals surface area contributed by atoms with E-state index in [9.17, 15) is 13.2 Å².